The van der Waals surface area contributed by atoms with Crippen molar-refractivity contribution in [3.63, 3.8) is 0 Å². The Morgan fingerprint density at radius 1 is 1.07 bits per heavy atom. The van der Waals surface area contributed by atoms with Crippen molar-refractivity contribution in [1.82, 2.24) is 0 Å². The van der Waals surface area contributed by atoms with Crippen molar-refractivity contribution in [1.29, 1.82) is 0 Å². The fourth-order valence-electron chi connectivity index (χ4n) is 8.30. The van der Waals surface area contributed by atoms with Crippen molar-refractivity contribution in [2.75, 3.05) is 6.61 Å². The smallest absolute Gasteiger partial charge is 0.338 e. The van der Waals surface area contributed by atoms with Crippen LogP contribution in [0.2, 0.25) is 0 Å². The second kappa shape index (κ2) is 9.32. The largest absolute Gasteiger partial charge is 0.458 e. The molecule has 3 aliphatic carbocycles. The zero-order valence-corrected chi connectivity index (χ0v) is 24.2. The standard InChI is InChI=1S/C35H36O7/c1-21(2)33-17-23(4)35-27(30(33)40-34(41-33,42-35)19-24-11-7-5-8-12-24)16-25(18-32(38)28(35)15-22(3)29(32)36)20-39-31(37)26-13-9-6-10-14-26/h5-16,23,27-28,30,38H,1,17-20H2,2-4H3/t23-,27+,28-,30-,32-,33-,34-,35-/m1/s1. The summed E-state index contributed by atoms with van der Waals surface area (Å²) in [5.74, 6) is -3.40. The number of fused-ring (bicyclic) bond motifs is 2. The molecule has 0 unspecified atom stereocenters. The molecule has 7 nitrogen and oxygen atoms in total. The summed E-state index contributed by atoms with van der Waals surface area (Å²) in [5.41, 5.74) is -0.191. The lowest BCUT2D eigenvalue weighted by molar-refractivity contribution is -0.421. The Labute approximate surface area is 245 Å². The normalized spacial score (nSPS) is 39.6. The molecular weight excluding hydrogens is 532 g/mol. The Morgan fingerprint density at radius 2 is 1.76 bits per heavy atom. The number of Topliss-reactive ketones (excluding diaryl/α,β-unsaturated/α-hetero) is 1. The van der Waals surface area contributed by atoms with E-state index >= 15 is 0 Å². The molecule has 0 spiro atoms. The third kappa shape index (κ3) is 3.73. The number of ketones is 1. The number of hydrogen-bond donors (Lipinski definition) is 1. The van der Waals surface area contributed by atoms with Gasteiger partial charge in [0.25, 0.3) is 5.97 Å². The van der Waals surface area contributed by atoms with E-state index in [1.54, 1.807) is 31.2 Å². The minimum Gasteiger partial charge on any atom is -0.458 e. The van der Waals surface area contributed by atoms with Gasteiger partial charge in [0.2, 0.25) is 0 Å². The molecular formula is C35H36O7. The molecule has 1 saturated carbocycles. The summed E-state index contributed by atoms with van der Waals surface area (Å²) >= 11 is 0. The number of hydrogen-bond acceptors (Lipinski definition) is 7. The summed E-state index contributed by atoms with van der Waals surface area (Å²) in [4.78, 5) is 26.6. The first-order chi connectivity index (χ1) is 20.0. The van der Waals surface area contributed by atoms with Gasteiger partial charge in [-0.2, -0.15) is 0 Å². The molecule has 7 heteroatoms. The Hall–Kier alpha value is -3.36. The number of aliphatic hydroxyl groups is 1. The minimum absolute atomic E-state index is 0.0279. The maximum absolute atomic E-state index is 13.7. The molecule has 8 atom stereocenters. The molecule has 7 rings (SSSR count). The van der Waals surface area contributed by atoms with Crippen molar-refractivity contribution >= 4 is 11.8 Å². The van der Waals surface area contributed by atoms with E-state index in [0.717, 1.165) is 11.1 Å². The van der Waals surface area contributed by atoms with Crippen LogP contribution in [-0.2, 0) is 30.2 Å². The van der Waals surface area contributed by atoms with Crippen LogP contribution >= 0.6 is 0 Å². The molecule has 0 amide bonds. The molecule has 2 aromatic carbocycles. The molecule has 42 heavy (non-hydrogen) atoms. The second-order valence-corrected chi connectivity index (χ2v) is 12.8. The Morgan fingerprint density at radius 3 is 2.45 bits per heavy atom. The molecule has 0 aromatic heterocycles. The van der Waals surface area contributed by atoms with Gasteiger partial charge in [0.1, 0.15) is 23.9 Å². The summed E-state index contributed by atoms with van der Waals surface area (Å²) in [5, 5.41) is 12.3. The van der Waals surface area contributed by atoms with Gasteiger partial charge in [-0.1, -0.05) is 74.2 Å². The van der Waals surface area contributed by atoms with Crippen LogP contribution in [-0.4, -0.2) is 52.3 Å². The molecule has 0 radical (unpaired) electrons. The first kappa shape index (κ1) is 27.5. The van der Waals surface area contributed by atoms with Gasteiger partial charge in [-0.05, 0) is 60.6 Å². The number of carbonyl (C=O) groups excluding carboxylic acids is 2. The number of ether oxygens (including phenoxy) is 4. The Kier molecular flexibility index (Phi) is 6.09. The maximum Gasteiger partial charge on any atom is 0.338 e. The SMILES string of the molecule is C=C(C)[C@]12C[C@@H](C)[C@@]34O[C@](Cc5ccccc5)(O[C@@H]1[C@@H]3C=C(COC(=O)c1ccccc1)C[C@]1(O)C(=O)C(C)=C[C@@H]41)O2. The second-order valence-electron chi connectivity index (χ2n) is 12.8. The van der Waals surface area contributed by atoms with Crippen molar-refractivity contribution in [3.05, 3.63) is 107 Å². The number of esters is 1. The Balaban J connectivity index is 1.35. The third-order valence-electron chi connectivity index (χ3n) is 10.1. The van der Waals surface area contributed by atoms with E-state index in [9.17, 15) is 14.7 Å². The molecule has 2 aromatic rings. The topological polar surface area (TPSA) is 91.3 Å². The minimum atomic E-state index is -1.76. The monoisotopic (exact) mass is 568 g/mol. The number of benzene rings is 2. The summed E-state index contributed by atoms with van der Waals surface area (Å²) in [6.07, 6.45) is 4.36. The van der Waals surface area contributed by atoms with E-state index in [2.05, 4.69) is 13.5 Å². The van der Waals surface area contributed by atoms with Gasteiger partial charge in [-0.25, -0.2) is 4.79 Å². The predicted molar refractivity (Wildman–Crippen MR) is 154 cm³/mol. The lowest BCUT2D eigenvalue weighted by Gasteiger charge is -2.59. The highest BCUT2D eigenvalue weighted by atomic mass is 16.9. The van der Waals surface area contributed by atoms with Crippen LogP contribution < -0.4 is 0 Å². The third-order valence-corrected chi connectivity index (χ3v) is 10.1. The highest BCUT2D eigenvalue weighted by Crippen LogP contribution is 2.68. The highest BCUT2D eigenvalue weighted by Gasteiger charge is 2.79. The number of carbonyl (C=O) groups is 2. The quantitative estimate of drug-likeness (QED) is 0.383. The summed E-state index contributed by atoms with van der Waals surface area (Å²) in [6, 6.07) is 18.7. The van der Waals surface area contributed by atoms with Gasteiger partial charge >= 0.3 is 5.97 Å². The van der Waals surface area contributed by atoms with E-state index in [-0.39, 0.29) is 24.7 Å². The zero-order valence-electron chi connectivity index (χ0n) is 24.2. The Bertz CT molecular complexity index is 1530. The van der Waals surface area contributed by atoms with E-state index in [4.69, 9.17) is 18.9 Å². The van der Waals surface area contributed by atoms with Crippen LogP contribution in [0.5, 0.6) is 0 Å². The molecule has 3 bridgehead atoms. The van der Waals surface area contributed by atoms with Crippen LogP contribution in [0.4, 0.5) is 0 Å². The fourth-order valence-corrected chi connectivity index (χ4v) is 8.30. The van der Waals surface area contributed by atoms with E-state index in [1.807, 2.05) is 55.5 Å². The van der Waals surface area contributed by atoms with Crippen molar-refractivity contribution in [2.45, 2.75) is 68.9 Å². The first-order valence-electron chi connectivity index (χ1n) is 14.7. The van der Waals surface area contributed by atoms with Crippen molar-refractivity contribution in [2.24, 2.45) is 17.8 Å². The zero-order chi connectivity index (χ0) is 29.5. The maximum atomic E-state index is 13.7. The first-order valence-corrected chi connectivity index (χ1v) is 14.7. The van der Waals surface area contributed by atoms with Gasteiger partial charge in [-0.15, -0.1) is 0 Å². The van der Waals surface area contributed by atoms with E-state index in [0.29, 0.717) is 29.6 Å². The molecule has 2 saturated heterocycles. The van der Waals surface area contributed by atoms with Gasteiger partial charge in [0, 0.05) is 18.3 Å². The van der Waals surface area contributed by atoms with Gasteiger partial charge in [-0.3, -0.25) is 4.79 Å². The average Bonchev–Trinajstić information content (AvgIpc) is 3.28. The fraction of sp³-hybridized carbons (Fsp3) is 0.429. The summed E-state index contributed by atoms with van der Waals surface area (Å²) < 4.78 is 26.6. The molecule has 218 valence electrons. The average molecular weight is 569 g/mol. The number of rotatable bonds is 6. The predicted octanol–water partition coefficient (Wildman–Crippen LogP) is 5.10. The molecule has 2 heterocycles. The van der Waals surface area contributed by atoms with Crippen LogP contribution in [0.15, 0.2) is 96.1 Å². The van der Waals surface area contributed by atoms with Crippen molar-refractivity contribution < 1.29 is 33.6 Å². The molecule has 3 fully saturated rings. The summed E-state index contributed by atoms with van der Waals surface area (Å²) in [6.45, 7) is 10.1. The molecule has 5 aliphatic rings. The molecule has 1 N–H and O–H groups in total. The van der Waals surface area contributed by atoms with Crippen LogP contribution in [0.3, 0.4) is 0 Å². The highest BCUT2D eigenvalue weighted by molar-refractivity contribution is 6.05. The van der Waals surface area contributed by atoms with E-state index in [1.165, 1.54) is 0 Å². The van der Waals surface area contributed by atoms with Crippen LogP contribution in [0, 0.1) is 17.8 Å². The van der Waals surface area contributed by atoms with Crippen LogP contribution in [0.25, 0.3) is 0 Å². The molecule has 2 aliphatic heterocycles. The van der Waals surface area contributed by atoms with Gasteiger partial charge in [0.15, 0.2) is 5.78 Å². The van der Waals surface area contributed by atoms with E-state index < -0.39 is 46.7 Å². The van der Waals surface area contributed by atoms with Crippen molar-refractivity contribution in [3.8, 4) is 0 Å². The van der Waals surface area contributed by atoms with Gasteiger partial charge < -0.3 is 24.1 Å². The van der Waals surface area contributed by atoms with Crippen LogP contribution in [0.1, 0.15) is 49.5 Å². The lowest BCUT2D eigenvalue weighted by atomic mass is 9.55. The van der Waals surface area contributed by atoms with Gasteiger partial charge in [0.05, 0.1) is 17.6 Å². The lowest BCUT2D eigenvalue weighted by Crippen LogP contribution is -2.70. The summed E-state index contributed by atoms with van der Waals surface area (Å²) in [7, 11) is 0.